The molecule has 3 aromatic carbocycles. The van der Waals surface area contributed by atoms with E-state index in [1.165, 1.54) is 35.8 Å². The number of methoxy groups -OCH3 is 2. The van der Waals surface area contributed by atoms with Crippen molar-refractivity contribution in [1.82, 2.24) is 19.5 Å². The van der Waals surface area contributed by atoms with Gasteiger partial charge in [0.05, 0.1) is 42.2 Å². The van der Waals surface area contributed by atoms with Gasteiger partial charge in [0.2, 0.25) is 5.12 Å². The maximum absolute atomic E-state index is 14.1. The standard InChI is InChI=1S/C35H29N5O8S/c1-14-13-40(34(45)20-7-15-8-24(41)26(47-2)11-19(15)36-20)23-12-25(42)28-18(27(14)23)10-21(37-28)33(44)39-6-5-16-17-9-22(35(46)49-4)38-29(17)32(48-3)31(43)30(16)39/h7-13,36-38,41-43H,5-6H2,1-4H3. The Morgan fingerprint density at radius 3 is 2.31 bits per heavy atom. The van der Waals surface area contributed by atoms with Gasteiger partial charge in [0.1, 0.15) is 17.1 Å². The van der Waals surface area contributed by atoms with Gasteiger partial charge >= 0.3 is 0 Å². The van der Waals surface area contributed by atoms with E-state index in [0.29, 0.717) is 67.0 Å². The van der Waals surface area contributed by atoms with Gasteiger partial charge in [0.25, 0.3) is 11.8 Å². The number of aryl methyl sites for hydroxylation is 1. The number of rotatable bonds is 5. The summed E-state index contributed by atoms with van der Waals surface area (Å²) >= 11 is 1.06. The molecular weight excluding hydrogens is 650 g/mol. The second-order valence-corrected chi connectivity index (χ2v) is 12.7. The maximum atomic E-state index is 14.1. The van der Waals surface area contributed by atoms with E-state index < -0.39 is 11.8 Å². The molecule has 14 heteroatoms. The van der Waals surface area contributed by atoms with E-state index in [-0.39, 0.29) is 51.8 Å². The molecule has 7 aromatic rings. The number of thioether (sulfide) groups is 1. The second-order valence-electron chi connectivity index (χ2n) is 11.9. The number of ether oxygens (including phenoxy) is 2. The second kappa shape index (κ2) is 10.8. The summed E-state index contributed by atoms with van der Waals surface area (Å²) in [5.41, 5.74) is 4.35. The molecule has 4 aromatic heterocycles. The largest absolute Gasteiger partial charge is 0.506 e. The maximum Gasteiger partial charge on any atom is 0.278 e. The average Bonchev–Trinajstić information content (AvgIpc) is 3.92. The predicted molar refractivity (Wildman–Crippen MR) is 186 cm³/mol. The van der Waals surface area contributed by atoms with Gasteiger partial charge in [-0.1, -0.05) is 11.8 Å². The minimum Gasteiger partial charge on any atom is -0.506 e. The van der Waals surface area contributed by atoms with Gasteiger partial charge in [-0.3, -0.25) is 19.0 Å². The molecule has 1 amide bonds. The van der Waals surface area contributed by atoms with Crippen molar-refractivity contribution < 1.29 is 39.2 Å². The summed E-state index contributed by atoms with van der Waals surface area (Å²) < 4.78 is 12.1. The van der Waals surface area contributed by atoms with Crippen LogP contribution in [0.5, 0.6) is 28.7 Å². The molecule has 0 saturated carbocycles. The molecule has 0 radical (unpaired) electrons. The smallest absolute Gasteiger partial charge is 0.278 e. The number of fused-ring (bicyclic) bond motifs is 7. The van der Waals surface area contributed by atoms with Crippen molar-refractivity contribution in [2.45, 2.75) is 13.3 Å². The van der Waals surface area contributed by atoms with Crippen LogP contribution in [0.25, 0.3) is 43.6 Å². The van der Waals surface area contributed by atoms with Gasteiger partial charge in [-0.25, -0.2) is 0 Å². The molecule has 5 heterocycles. The number of anilines is 1. The number of aromatic nitrogens is 4. The van der Waals surface area contributed by atoms with Crippen molar-refractivity contribution in [3.05, 3.63) is 70.8 Å². The van der Waals surface area contributed by atoms with Crippen LogP contribution in [-0.2, 0) is 6.42 Å². The van der Waals surface area contributed by atoms with Gasteiger partial charge in [0.15, 0.2) is 23.0 Å². The number of carbonyl (C=O) groups is 3. The monoisotopic (exact) mass is 679 g/mol. The first-order chi connectivity index (χ1) is 23.5. The van der Waals surface area contributed by atoms with E-state index in [2.05, 4.69) is 15.0 Å². The van der Waals surface area contributed by atoms with Crippen LogP contribution >= 0.6 is 11.8 Å². The van der Waals surface area contributed by atoms with Gasteiger partial charge in [-0.05, 0) is 55.0 Å². The molecule has 0 spiro atoms. The van der Waals surface area contributed by atoms with Crippen LogP contribution in [0, 0.1) is 6.92 Å². The van der Waals surface area contributed by atoms with Crippen molar-refractivity contribution in [3.8, 4) is 28.7 Å². The molecule has 0 fully saturated rings. The first-order valence-electron chi connectivity index (χ1n) is 15.2. The van der Waals surface area contributed by atoms with Crippen LogP contribution in [0.15, 0.2) is 42.6 Å². The Morgan fingerprint density at radius 1 is 0.837 bits per heavy atom. The fourth-order valence-corrected chi connectivity index (χ4v) is 7.38. The number of phenolic OH excluding ortho intramolecular Hbond substituents is 3. The van der Waals surface area contributed by atoms with Gasteiger partial charge in [0, 0.05) is 51.9 Å². The number of aromatic amines is 3. The lowest BCUT2D eigenvalue weighted by molar-refractivity contribution is 0.0958. The fraction of sp³-hybridized carbons (Fsp3) is 0.171. The number of benzene rings is 3. The Labute approximate surface area is 281 Å². The third kappa shape index (κ3) is 4.30. The molecular formula is C35H29N5O8S. The highest BCUT2D eigenvalue weighted by Gasteiger charge is 2.35. The van der Waals surface area contributed by atoms with Crippen molar-refractivity contribution in [1.29, 1.82) is 0 Å². The zero-order valence-corrected chi connectivity index (χ0v) is 27.5. The Bertz CT molecular complexity index is 2590. The molecule has 0 atom stereocenters. The number of nitrogens with one attached hydrogen (secondary N) is 3. The molecule has 8 rings (SSSR count). The van der Waals surface area contributed by atoms with E-state index in [0.717, 1.165) is 17.3 Å². The number of nitrogens with zero attached hydrogens (tertiary/aromatic N) is 2. The first-order valence-corrected chi connectivity index (χ1v) is 16.4. The van der Waals surface area contributed by atoms with Gasteiger partial charge in [-0.2, -0.15) is 0 Å². The summed E-state index contributed by atoms with van der Waals surface area (Å²) in [5.74, 6) is -0.888. The van der Waals surface area contributed by atoms with Crippen LogP contribution in [0.2, 0.25) is 0 Å². The number of hydrogen-bond acceptors (Lipinski definition) is 9. The van der Waals surface area contributed by atoms with Crippen LogP contribution in [0.1, 0.15) is 42.6 Å². The lowest BCUT2D eigenvalue weighted by atomic mass is 10.1. The molecule has 0 unspecified atom stereocenters. The molecule has 1 aliphatic rings. The Morgan fingerprint density at radius 2 is 1.57 bits per heavy atom. The highest BCUT2D eigenvalue weighted by molar-refractivity contribution is 8.13. The lowest BCUT2D eigenvalue weighted by Gasteiger charge is -2.19. The van der Waals surface area contributed by atoms with E-state index >= 15 is 0 Å². The summed E-state index contributed by atoms with van der Waals surface area (Å²) in [6.45, 7) is 2.10. The summed E-state index contributed by atoms with van der Waals surface area (Å²) in [7, 11) is 2.85. The molecule has 0 aliphatic carbocycles. The van der Waals surface area contributed by atoms with Crippen LogP contribution < -0.4 is 14.4 Å². The van der Waals surface area contributed by atoms with Crippen molar-refractivity contribution in [2.24, 2.45) is 0 Å². The van der Waals surface area contributed by atoms with E-state index in [9.17, 15) is 29.7 Å². The van der Waals surface area contributed by atoms with Gasteiger partial charge < -0.3 is 44.6 Å². The normalized spacial score (nSPS) is 12.9. The van der Waals surface area contributed by atoms with Crippen LogP contribution in [0.4, 0.5) is 5.69 Å². The van der Waals surface area contributed by atoms with Gasteiger partial charge in [-0.15, -0.1) is 0 Å². The Balaban J connectivity index is 1.21. The molecule has 6 N–H and O–H groups in total. The third-order valence-corrected chi connectivity index (χ3v) is 9.84. The summed E-state index contributed by atoms with van der Waals surface area (Å²) in [6.07, 6.45) is 3.78. The minimum atomic E-state index is -0.444. The highest BCUT2D eigenvalue weighted by atomic mass is 32.2. The number of aromatic hydroxyl groups is 3. The summed E-state index contributed by atoms with van der Waals surface area (Å²) in [5, 5.41) is 35.0. The molecule has 0 saturated heterocycles. The SMILES string of the molecule is COc1cc2[nH]c(C(=O)n3cc(C)c4c5cc(C(=O)N6CCc7c6c(O)c(OC)c6[nH]c(C(=O)SC)cc76)[nH]c5c(O)cc43)cc2cc1O. The van der Waals surface area contributed by atoms with Crippen molar-refractivity contribution in [2.75, 3.05) is 31.9 Å². The van der Waals surface area contributed by atoms with E-state index in [1.54, 1.807) is 36.7 Å². The number of hydrogen-bond donors (Lipinski definition) is 6. The fourth-order valence-electron chi connectivity index (χ4n) is 7.05. The number of amides is 1. The quantitative estimate of drug-likeness (QED) is 0.128. The molecule has 49 heavy (non-hydrogen) atoms. The van der Waals surface area contributed by atoms with E-state index in [1.807, 2.05) is 6.92 Å². The zero-order valence-electron chi connectivity index (χ0n) is 26.6. The van der Waals surface area contributed by atoms with E-state index in [4.69, 9.17) is 9.47 Å². The molecule has 0 bridgehead atoms. The number of carbonyl (C=O) groups excluding carboxylic acids is 3. The molecule has 248 valence electrons. The molecule has 1 aliphatic heterocycles. The highest BCUT2D eigenvalue weighted by Crippen LogP contribution is 2.50. The predicted octanol–water partition coefficient (Wildman–Crippen LogP) is 5.92. The lowest BCUT2D eigenvalue weighted by Crippen LogP contribution is -2.29. The Hall–Kier alpha value is -6.02. The summed E-state index contributed by atoms with van der Waals surface area (Å²) in [4.78, 5) is 51.0. The minimum absolute atomic E-state index is 0.0540. The van der Waals surface area contributed by atoms with Crippen LogP contribution in [-0.4, -0.2) is 78.8 Å². The topological polar surface area (TPSA) is 186 Å². The average molecular weight is 680 g/mol. The Kier molecular flexibility index (Phi) is 6.65. The third-order valence-electron chi connectivity index (χ3n) is 9.25. The van der Waals surface area contributed by atoms with Crippen molar-refractivity contribution in [3.63, 3.8) is 0 Å². The van der Waals surface area contributed by atoms with Crippen LogP contribution in [0.3, 0.4) is 0 Å². The van der Waals surface area contributed by atoms with Crippen molar-refractivity contribution >= 4 is 78.0 Å². The summed E-state index contributed by atoms with van der Waals surface area (Å²) in [6, 6.07) is 9.57. The number of phenols is 3. The number of H-pyrrole nitrogens is 3. The zero-order chi connectivity index (χ0) is 34.5. The molecule has 13 nitrogen and oxygen atoms in total. The first kappa shape index (κ1) is 30.3.